The molecule has 1 aliphatic rings. The highest BCUT2D eigenvalue weighted by molar-refractivity contribution is 5.94. The summed E-state index contributed by atoms with van der Waals surface area (Å²) in [5, 5.41) is 12.1. The predicted octanol–water partition coefficient (Wildman–Crippen LogP) is 2.73. The van der Waals surface area contributed by atoms with Crippen LogP contribution in [0.25, 0.3) is 0 Å². The molecule has 0 spiro atoms. The first-order valence-corrected chi connectivity index (χ1v) is 5.37. The lowest BCUT2D eigenvalue weighted by molar-refractivity contribution is 0.0697. The molecule has 0 bridgehead atoms. The van der Waals surface area contributed by atoms with Crippen LogP contribution in [-0.4, -0.2) is 17.1 Å². The fraction of sp³-hybridized carbons (Fsp3) is 0.417. The van der Waals surface area contributed by atoms with Gasteiger partial charge in [0, 0.05) is 11.7 Å². The molecule has 1 aliphatic carbocycles. The predicted molar refractivity (Wildman–Crippen MR) is 59.2 cm³/mol. The van der Waals surface area contributed by atoms with Gasteiger partial charge in [0.1, 0.15) is 5.82 Å². The number of benzene rings is 1. The highest BCUT2D eigenvalue weighted by atomic mass is 19.1. The summed E-state index contributed by atoms with van der Waals surface area (Å²) >= 11 is 0. The molecule has 16 heavy (non-hydrogen) atoms. The minimum atomic E-state index is -1.11. The summed E-state index contributed by atoms with van der Waals surface area (Å²) in [4.78, 5) is 10.9. The van der Waals surface area contributed by atoms with Gasteiger partial charge in [-0.05, 0) is 43.9 Å². The number of halogens is 1. The number of rotatable bonds is 4. The van der Waals surface area contributed by atoms with Crippen LogP contribution in [0.4, 0.5) is 10.1 Å². The largest absolute Gasteiger partial charge is 0.478 e. The fourth-order valence-corrected chi connectivity index (χ4v) is 1.78. The second-order valence-electron chi connectivity index (χ2n) is 4.27. The normalized spacial score (nSPS) is 16.9. The Bertz CT molecular complexity index is 415. The SMILES string of the molecule is CC(Nc1ccc(F)cc1C(=O)O)C1CC1. The molecule has 0 heterocycles. The molecule has 86 valence electrons. The van der Waals surface area contributed by atoms with Gasteiger partial charge < -0.3 is 10.4 Å². The zero-order valence-corrected chi connectivity index (χ0v) is 9.03. The van der Waals surface area contributed by atoms with Crippen LogP contribution in [0.15, 0.2) is 18.2 Å². The van der Waals surface area contributed by atoms with Crippen LogP contribution in [0.3, 0.4) is 0 Å². The molecule has 2 N–H and O–H groups in total. The summed E-state index contributed by atoms with van der Waals surface area (Å²) in [6.45, 7) is 2.02. The molecule has 1 aromatic carbocycles. The van der Waals surface area contributed by atoms with Crippen molar-refractivity contribution in [3.05, 3.63) is 29.6 Å². The van der Waals surface area contributed by atoms with Crippen molar-refractivity contribution >= 4 is 11.7 Å². The van der Waals surface area contributed by atoms with Crippen molar-refractivity contribution in [3.8, 4) is 0 Å². The van der Waals surface area contributed by atoms with Gasteiger partial charge >= 0.3 is 5.97 Å². The molecular weight excluding hydrogens is 209 g/mol. The minimum Gasteiger partial charge on any atom is -0.478 e. The van der Waals surface area contributed by atoms with Crippen LogP contribution in [0, 0.1) is 11.7 Å². The van der Waals surface area contributed by atoms with Gasteiger partial charge in [-0.2, -0.15) is 0 Å². The first-order valence-electron chi connectivity index (χ1n) is 5.37. The third-order valence-electron chi connectivity index (χ3n) is 2.92. The van der Waals surface area contributed by atoms with Crippen LogP contribution in [0.2, 0.25) is 0 Å². The van der Waals surface area contributed by atoms with E-state index < -0.39 is 11.8 Å². The molecule has 2 rings (SSSR count). The highest BCUT2D eigenvalue weighted by Crippen LogP contribution is 2.34. The van der Waals surface area contributed by atoms with Crippen molar-refractivity contribution in [2.45, 2.75) is 25.8 Å². The van der Waals surface area contributed by atoms with Gasteiger partial charge in [-0.15, -0.1) is 0 Å². The summed E-state index contributed by atoms with van der Waals surface area (Å²) in [6, 6.07) is 4.04. The van der Waals surface area contributed by atoms with E-state index in [1.807, 2.05) is 6.92 Å². The number of carboxylic acids is 1. The van der Waals surface area contributed by atoms with Crippen molar-refractivity contribution in [2.75, 3.05) is 5.32 Å². The molecule has 0 saturated heterocycles. The van der Waals surface area contributed by atoms with Crippen LogP contribution >= 0.6 is 0 Å². The Labute approximate surface area is 93.3 Å². The van der Waals surface area contributed by atoms with Gasteiger partial charge in [-0.25, -0.2) is 9.18 Å². The lowest BCUT2D eigenvalue weighted by Gasteiger charge is -2.16. The smallest absolute Gasteiger partial charge is 0.337 e. The van der Waals surface area contributed by atoms with Crippen molar-refractivity contribution in [2.24, 2.45) is 5.92 Å². The molecule has 1 atom stereocenters. The van der Waals surface area contributed by atoms with Crippen molar-refractivity contribution in [1.29, 1.82) is 0 Å². The van der Waals surface area contributed by atoms with E-state index in [4.69, 9.17) is 5.11 Å². The van der Waals surface area contributed by atoms with Crippen LogP contribution in [-0.2, 0) is 0 Å². The van der Waals surface area contributed by atoms with Crippen molar-refractivity contribution in [1.82, 2.24) is 0 Å². The Kier molecular flexibility index (Phi) is 2.81. The van der Waals surface area contributed by atoms with Crippen molar-refractivity contribution < 1.29 is 14.3 Å². The van der Waals surface area contributed by atoms with E-state index in [0.717, 1.165) is 6.07 Å². The molecule has 0 aromatic heterocycles. The number of hydrogen-bond acceptors (Lipinski definition) is 2. The minimum absolute atomic E-state index is 0.00694. The van der Waals surface area contributed by atoms with Gasteiger partial charge in [0.05, 0.1) is 5.56 Å². The summed E-state index contributed by atoms with van der Waals surface area (Å²) in [5.74, 6) is -1.02. The maximum Gasteiger partial charge on any atom is 0.337 e. The second-order valence-corrected chi connectivity index (χ2v) is 4.27. The summed E-state index contributed by atoms with van der Waals surface area (Å²) in [7, 11) is 0. The Morgan fingerprint density at radius 1 is 1.56 bits per heavy atom. The topological polar surface area (TPSA) is 49.3 Å². The number of nitrogens with one attached hydrogen (secondary N) is 1. The number of carbonyl (C=O) groups is 1. The molecule has 3 nitrogen and oxygen atoms in total. The highest BCUT2D eigenvalue weighted by Gasteiger charge is 2.28. The quantitative estimate of drug-likeness (QED) is 0.825. The molecule has 1 saturated carbocycles. The van der Waals surface area contributed by atoms with Gasteiger partial charge in [-0.1, -0.05) is 0 Å². The fourth-order valence-electron chi connectivity index (χ4n) is 1.78. The summed E-state index contributed by atoms with van der Waals surface area (Å²) in [6.07, 6.45) is 2.36. The number of carboxylic acid groups (broad SMARTS) is 1. The monoisotopic (exact) mass is 223 g/mol. The van der Waals surface area contributed by atoms with E-state index in [1.165, 1.54) is 25.0 Å². The molecule has 0 aliphatic heterocycles. The van der Waals surface area contributed by atoms with Gasteiger partial charge in [-0.3, -0.25) is 0 Å². The summed E-state index contributed by atoms with van der Waals surface area (Å²) < 4.78 is 12.9. The Morgan fingerprint density at radius 3 is 2.81 bits per heavy atom. The summed E-state index contributed by atoms with van der Waals surface area (Å²) in [5.41, 5.74) is 0.487. The van der Waals surface area contributed by atoms with E-state index in [9.17, 15) is 9.18 Å². The van der Waals surface area contributed by atoms with Gasteiger partial charge in [0.15, 0.2) is 0 Å². The van der Waals surface area contributed by atoms with E-state index >= 15 is 0 Å². The zero-order valence-electron chi connectivity index (χ0n) is 9.03. The lowest BCUT2D eigenvalue weighted by atomic mass is 10.1. The maximum atomic E-state index is 12.9. The number of anilines is 1. The molecule has 4 heteroatoms. The standard InChI is InChI=1S/C12H14FNO2/c1-7(8-2-3-8)14-11-5-4-9(13)6-10(11)12(15)16/h4-8,14H,2-3H2,1H3,(H,15,16). The Hall–Kier alpha value is -1.58. The Morgan fingerprint density at radius 2 is 2.25 bits per heavy atom. The van der Waals surface area contributed by atoms with Crippen LogP contribution in [0.5, 0.6) is 0 Å². The molecular formula is C12H14FNO2. The maximum absolute atomic E-state index is 12.9. The first-order chi connectivity index (χ1) is 7.58. The van der Waals surface area contributed by atoms with Crippen LogP contribution < -0.4 is 5.32 Å². The molecule has 1 fully saturated rings. The van der Waals surface area contributed by atoms with Gasteiger partial charge in [0.2, 0.25) is 0 Å². The molecule has 0 amide bonds. The third kappa shape index (κ3) is 2.32. The molecule has 1 unspecified atom stereocenters. The second kappa shape index (κ2) is 4.12. The zero-order chi connectivity index (χ0) is 11.7. The molecule has 1 aromatic rings. The number of aromatic carboxylic acids is 1. The average molecular weight is 223 g/mol. The third-order valence-corrected chi connectivity index (χ3v) is 2.92. The van der Waals surface area contributed by atoms with E-state index in [1.54, 1.807) is 0 Å². The number of hydrogen-bond donors (Lipinski definition) is 2. The first kappa shape index (κ1) is 10.9. The van der Waals surface area contributed by atoms with E-state index in [0.29, 0.717) is 11.6 Å². The van der Waals surface area contributed by atoms with Crippen molar-refractivity contribution in [3.63, 3.8) is 0 Å². The van der Waals surface area contributed by atoms with Gasteiger partial charge in [0.25, 0.3) is 0 Å². The van der Waals surface area contributed by atoms with E-state index in [2.05, 4.69) is 5.32 Å². The van der Waals surface area contributed by atoms with Crippen LogP contribution in [0.1, 0.15) is 30.1 Å². The lowest BCUT2D eigenvalue weighted by Crippen LogP contribution is -2.19. The Balaban J connectivity index is 2.21. The average Bonchev–Trinajstić information content (AvgIpc) is 3.03. The molecule has 0 radical (unpaired) electrons. The van der Waals surface area contributed by atoms with E-state index in [-0.39, 0.29) is 11.6 Å².